The van der Waals surface area contributed by atoms with Crippen molar-refractivity contribution in [3.63, 3.8) is 0 Å². The van der Waals surface area contributed by atoms with Crippen LogP contribution in [-0.4, -0.2) is 12.6 Å². The molecule has 74 valence electrons. The summed E-state index contributed by atoms with van der Waals surface area (Å²) in [6.07, 6.45) is 3.11. The van der Waals surface area contributed by atoms with E-state index in [1.807, 2.05) is 24.3 Å². The van der Waals surface area contributed by atoms with Gasteiger partial charge in [0.1, 0.15) is 0 Å². The van der Waals surface area contributed by atoms with Crippen LogP contribution in [0.2, 0.25) is 0 Å². The molecule has 0 bridgehead atoms. The minimum atomic E-state index is -0.322. The summed E-state index contributed by atoms with van der Waals surface area (Å²) in [4.78, 5) is 11.8. The normalized spacial score (nSPS) is 10.4. The van der Waals surface area contributed by atoms with E-state index in [-0.39, 0.29) is 5.97 Å². The first-order valence-corrected chi connectivity index (χ1v) is 4.81. The van der Waals surface area contributed by atoms with Crippen molar-refractivity contribution in [2.24, 2.45) is 0 Å². The van der Waals surface area contributed by atoms with Crippen LogP contribution in [0.3, 0.4) is 0 Å². The number of carbonyl (C=O) groups excluding carboxylic acids is 1. The Morgan fingerprint density at radius 2 is 2.36 bits per heavy atom. The minimum Gasteiger partial charge on any atom is -0.463 e. The third kappa shape index (κ3) is 3.66. The molecule has 1 rings (SSSR count). The van der Waals surface area contributed by atoms with Crippen molar-refractivity contribution < 1.29 is 9.53 Å². The number of esters is 1. The van der Waals surface area contributed by atoms with Crippen molar-refractivity contribution >= 4 is 24.7 Å². The molecule has 0 unspecified atom stereocenters. The van der Waals surface area contributed by atoms with E-state index in [1.165, 1.54) is 6.08 Å². The molecule has 0 aliphatic carbocycles. The summed E-state index contributed by atoms with van der Waals surface area (Å²) in [5, 5.41) is 0. The number of thiol groups is 1. The maximum absolute atomic E-state index is 11.0. The zero-order chi connectivity index (χ0) is 10.4. The highest BCUT2D eigenvalue weighted by Gasteiger charge is 1.93. The molecule has 0 heterocycles. The van der Waals surface area contributed by atoms with Gasteiger partial charge in [-0.15, -0.1) is 12.6 Å². The molecule has 0 aliphatic heterocycles. The maximum Gasteiger partial charge on any atom is 0.330 e. The zero-order valence-electron chi connectivity index (χ0n) is 7.93. The fraction of sp³-hybridized carbons (Fsp3) is 0.182. The highest BCUT2D eigenvalue weighted by Crippen LogP contribution is 2.10. The van der Waals surface area contributed by atoms with Crippen LogP contribution in [0.4, 0.5) is 0 Å². The molecule has 0 saturated carbocycles. The zero-order valence-corrected chi connectivity index (χ0v) is 8.83. The quantitative estimate of drug-likeness (QED) is 0.469. The standard InChI is InChI=1S/C11H12O2S/c1-2-13-11(12)7-6-9-4-3-5-10(14)8-9/h3-8,14H,2H2,1H3. The van der Waals surface area contributed by atoms with Gasteiger partial charge in [0.2, 0.25) is 0 Å². The number of carbonyl (C=O) groups is 1. The van der Waals surface area contributed by atoms with Crippen LogP contribution in [0.15, 0.2) is 35.2 Å². The largest absolute Gasteiger partial charge is 0.463 e. The van der Waals surface area contributed by atoms with Gasteiger partial charge >= 0.3 is 5.97 Å². The lowest BCUT2D eigenvalue weighted by Gasteiger charge is -1.96. The van der Waals surface area contributed by atoms with E-state index in [2.05, 4.69) is 12.6 Å². The Balaban J connectivity index is 2.64. The fourth-order valence-electron chi connectivity index (χ4n) is 0.983. The summed E-state index contributed by atoms with van der Waals surface area (Å²) < 4.78 is 4.75. The van der Waals surface area contributed by atoms with Gasteiger partial charge in [-0.2, -0.15) is 0 Å². The van der Waals surface area contributed by atoms with Crippen LogP contribution in [0.5, 0.6) is 0 Å². The lowest BCUT2D eigenvalue weighted by molar-refractivity contribution is -0.137. The van der Waals surface area contributed by atoms with Crippen molar-refractivity contribution in [2.75, 3.05) is 6.61 Å². The molecule has 0 aromatic heterocycles. The predicted octanol–water partition coefficient (Wildman–Crippen LogP) is 2.55. The molecule has 0 fully saturated rings. The summed E-state index contributed by atoms with van der Waals surface area (Å²) in [5.74, 6) is -0.322. The lowest BCUT2D eigenvalue weighted by atomic mass is 10.2. The van der Waals surface area contributed by atoms with Crippen LogP contribution in [-0.2, 0) is 9.53 Å². The molecule has 14 heavy (non-hydrogen) atoms. The summed E-state index contributed by atoms with van der Waals surface area (Å²) >= 11 is 4.19. The van der Waals surface area contributed by atoms with E-state index in [0.29, 0.717) is 6.61 Å². The van der Waals surface area contributed by atoms with E-state index < -0.39 is 0 Å². The molecule has 1 aromatic rings. The molecule has 0 atom stereocenters. The van der Waals surface area contributed by atoms with Crippen molar-refractivity contribution in [3.05, 3.63) is 35.9 Å². The second-order valence-electron chi connectivity index (χ2n) is 2.68. The number of benzene rings is 1. The molecule has 0 aliphatic rings. The third-order valence-electron chi connectivity index (χ3n) is 1.57. The Morgan fingerprint density at radius 1 is 1.57 bits per heavy atom. The summed E-state index contributed by atoms with van der Waals surface area (Å²) in [6, 6.07) is 7.53. The number of hydrogen-bond donors (Lipinski definition) is 1. The first kappa shape index (κ1) is 10.9. The average molecular weight is 208 g/mol. The van der Waals surface area contributed by atoms with Crippen molar-refractivity contribution in [1.82, 2.24) is 0 Å². The molecule has 2 nitrogen and oxygen atoms in total. The number of ether oxygens (including phenoxy) is 1. The fourth-order valence-corrected chi connectivity index (χ4v) is 1.22. The Bertz CT molecular complexity index is 345. The Morgan fingerprint density at radius 3 is 3.00 bits per heavy atom. The average Bonchev–Trinajstić information content (AvgIpc) is 2.15. The van der Waals surface area contributed by atoms with Crippen LogP contribution in [0.1, 0.15) is 12.5 Å². The SMILES string of the molecule is CCOC(=O)C=Cc1cccc(S)c1. The second kappa shape index (κ2) is 5.50. The van der Waals surface area contributed by atoms with Crippen LogP contribution >= 0.6 is 12.6 Å². The number of rotatable bonds is 3. The van der Waals surface area contributed by atoms with E-state index in [0.717, 1.165) is 10.5 Å². The molecule has 0 amide bonds. The van der Waals surface area contributed by atoms with Gasteiger partial charge in [0.15, 0.2) is 0 Å². The van der Waals surface area contributed by atoms with E-state index in [9.17, 15) is 4.79 Å². The molecule has 0 saturated heterocycles. The highest BCUT2D eigenvalue weighted by atomic mass is 32.1. The van der Waals surface area contributed by atoms with Gasteiger partial charge in [-0.1, -0.05) is 12.1 Å². The Labute approximate surface area is 89.0 Å². The topological polar surface area (TPSA) is 26.3 Å². The smallest absolute Gasteiger partial charge is 0.330 e. The van der Waals surface area contributed by atoms with E-state index >= 15 is 0 Å². The molecule has 0 spiro atoms. The molecule has 0 N–H and O–H groups in total. The van der Waals surface area contributed by atoms with Crippen LogP contribution in [0.25, 0.3) is 6.08 Å². The van der Waals surface area contributed by atoms with Gasteiger partial charge in [-0.05, 0) is 30.7 Å². The third-order valence-corrected chi connectivity index (χ3v) is 1.85. The molecular weight excluding hydrogens is 196 g/mol. The first-order valence-electron chi connectivity index (χ1n) is 4.36. The van der Waals surface area contributed by atoms with Gasteiger partial charge in [0, 0.05) is 11.0 Å². The molecular formula is C11H12O2S. The van der Waals surface area contributed by atoms with Gasteiger partial charge in [0.25, 0.3) is 0 Å². The van der Waals surface area contributed by atoms with Gasteiger partial charge < -0.3 is 4.74 Å². The predicted molar refractivity (Wildman–Crippen MR) is 59.4 cm³/mol. The highest BCUT2D eigenvalue weighted by molar-refractivity contribution is 7.80. The van der Waals surface area contributed by atoms with Crippen LogP contribution in [0, 0.1) is 0 Å². The molecule has 1 aromatic carbocycles. The van der Waals surface area contributed by atoms with Gasteiger partial charge in [-0.25, -0.2) is 4.79 Å². The summed E-state index contributed by atoms with van der Waals surface area (Å²) in [6.45, 7) is 2.18. The van der Waals surface area contributed by atoms with Crippen molar-refractivity contribution in [2.45, 2.75) is 11.8 Å². The van der Waals surface area contributed by atoms with Crippen molar-refractivity contribution in [3.8, 4) is 0 Å². The minimum absolute atomic E-state index is 0.322. The van der Waals surface area contributed by atoms with E-state index in [1.54, 1.807) is 13.0 Å². The van der Waals surface area contributed by atoms with Gasteiger partial charge in [0.05, 0.1) is 6.61 Å². The Kier molecular flexibility index (Phi) is 4.26. The summed E-state index contributed by atoms with van der Waals surface area (Å²) in [7, 11) is 0. The lowest BCUT2D eigenvalue weighted by Crippen LogP contribution is -1.98. The monoisotopic (exact) mass is 208 g/mol. The molecule has 3 heteroatoms. The second-order valence-corrected chi connectivity index (χ2v) is 3.20. The van der Waals surface area contributed by atoms with E-state index in [4.69, 9.17) is 4.74 Å². The van der Waals surface area contributed by atoms with Crippen LogP contribution < -0.4 is 0 Å². The number of hydrogen-bond acceptors (Lipinski definition) is 3. The van der Waals surface area contributed by atoms with Gasteiger partial charge in [-0.3, -0.25) is 0 Å². The maximum atomic E-state index is 11.0. The molecule has 0 radical (unpaired) electrons. The summed E-state index contributed by atoms with van der Waals surface area (Å²) in [5.41, 5.74) is 0.936. The Hall–Kier alpha value is -1.22. The van der Waals surface area contributed by atoms with Crippen molar-refractivity contribution in [1.29, 1.82) is 0 Å². The first-order chi connectivity index (χ1) is 6.72.